The van der Waals surface area contributed by atoms with Gasteiger partial charge < -0.3 is 5.11 Å². The topological polar surface area (TPSA) is 20.2 Å². The second kappa shape index (κ2) is 3.87. The summed E-state index contributed by atoms with van der Waals surface area (Å²) in [7, 11) is 0. The van der Waals surface area contributed by atoms with Crippen LogP contribution < -0.4 is 0 Å². The molecule has 0 radical (unpaired) electrons. The average Bonchev–Trinajstić information content (AvgIpc) is 2.36. The zero-order chi connectivity index (χ0) is 13.3. The van der Waals surface area contributed by atoms with E-state index >= 15 is 0 Å². The molecular formula is C18H28O. The van der Waals surface area contributed by atoms with Crippen LogP contribution >= 0.6 is 0 Å². The van der Waals surface area contributed by atoms with Crippen molar-refractivity contribution < 1.29 is 5.11 Å². The Morgan fingerprint density at radius 2 is 1.79 bits per heavy atom. The minimum Gasteiger partial charge on any atom is -0.393 e. The third-order valence-corrected chi connectivity index (χ3v) is 7.62. The van der Waals surface area contributed by atoms with Gasteiger partial charge in [-0.1, -0.05) is 25.5 Å². The van der Waals surface area contributed by atoms with E-state index in [1.54, 1.807) is 5.57 Å². The van der Waals surface area contributed by atoms with Crippen LogP contribution in [0.1, 0.15) is 65.2 Å². The molecule has 3 unspecified atom stereocenters. The van der Waals surface area contributed by atoms with Crippen molar-refractivity contribution in [3.8, 4) is 0 Å². The van der Waals surface area contributed by atoms with Gasteiger partial charge in [0.15, 0.2) is 0 Å². The molecule has 3 fully saturated rings. The number of aliphatic hydroxyl groups is 1. The van der Waals surface area contributed by atoms with Crippen molar-refractivity contribution in [3.05, 3.63) is 11.6 Å². The molecule has 0 saturated heterocycles. The molecule has 4 aliphatic rings. The normalized spacial score (nSPS) is 56.3. The van der Waals surface area contributed by atoms with Crippen LogP contribution in [0.25, 0.3) is 0 Å². The smallest absolute Gasteiger partial charge is 0.0577 e. The number of hydrogen-bond acceptors (Lipinski definition) is 1. The minimum absolute atomic E-state index is 0.0616. The number of allylic oxidation sites excluding steroid dienone is 1. The Hall–Kier alpha value is -0.300. The van der Waals surface area contributed by atoms with Crippen molar-refractivity contribution in [2.75, 3.05) is 0 Å². The first kappa shape index (κ1) is 12.4. The van der Waals surface area contributed by atoms with Gasteiger partial charge in [-0.3, -0.25) is 0 Å². The third kappa shape index (κ3) is 1.57. The Balaban J connectivity index is 1.67. The van der Waals surface area contributed by atoms with Crippen molar-refractivity contribution in [1.82, 2.24) is 0 Å². The summed E-state index contributed by atoms with van der Waals surface area (Å²) in [5, 5.41) is 9.96. The van der Waals surface area contributed by atoms with Gasteiger partial charge in [-0.2, -0.15) is 0 Å². The van der Waals surface area contributed by atoms with E-state index in [0.29, 0.717) is 10.8 Å². The van der Waals surface area contributed by atoms with E-state index in [1.807, 2.05) is 0 Å². The van der Waals surface area contributed by atoms with Crippen molar-refractivity contribution >= 4 is 0 Å². The van der Waals surface area contributed by atoms with Gasteiger partial charge in [0.2, 0.25) is 0 Å². The van der Waals surface area contributed by atoms with Crippen LogP contribution in [0.2, 0.25) is 0 Å². The number of hydrogen-bond donors (Lipinski definition) is 1. The summed E-state index contributed by atoms with van der Waals surface area (Å²) >= 11 is 0. The molecule has 0 aromatic carbocycles. The molecule has 0 bridgehead atoms. The van der Waals surface area contributed by atoms with Gasteiger partial charge >= 0.3 is 0 Å². The molecule has 1 N–H and O–H groups in total. The van der Waals surface area contributed by atoms with Crippen LogP contribution in [0.3, 0.4) is 0 Å². The van der Waals surface area contributed by atoms with Gasteiger partial charge in [-0.15, -0.1) is 0 Å². The van der Waals surface area contributed by atoms with E-state index in [1.165, 1.54) is 38.5 Å². The predicted octanol–water partition coefficient (Wildman–Crippen LogP) is 4.31. The summed E-state index contributed by atoms with van der Waals surface area (Å²) in [6.45, 7) is 5.06. The first-order valence-electron chi connectivity index (χ1n) is 8.40. The predicted molar refractivity (Wildman–Crippen MR) is 77.7 cm³/mol. The summed E-state index contributed by atoms with van der Waals surface area (Å²) in [6.07, 6.45) is 12.9. The number of aliphatic hydroxyl groups excluding tert-OH is 1. The van der Waals surface area contributed by atoms with E-state index in [2.05, 4.69) is 19.9 Å². The first-order chi connectivity index (χ1) is 9.03. The fourth-order valence-electron chi connectivity index (χ4n) is 6.18. The fraction of sp³-hybridized carbons (Fsp3) is 0.889. The lowest BCUT2D eigenvalue weighted by Gasteiger charge is -2.63. The highest BCUT2D eigenvalue weighted by atomic mass is 16.3. The maximum absolute atomic E-state index is 9.96. The fourth-order valence-corrected chi connectivity index (χ4v) is 6.18. The van der Waals surface area contributed by atoms with Crippen molar-refractivity contribution in [1.29, 1.82) is 0 Å². The zero-order valence-corrected chi connectivity index (χ0v) is 12.5. The second-order valence-electron chi connectivity index (χ2n) is 8.39. The molecule has 1 heteroatoms. The van der Waals surface area contributed by atoms with Gasteiger partial charge in [0.1, 0.15) is 0 Å². The van der Waals surface area contributed by atoms with Crippen molar-refractivity contribution in [2.45, 2.75) is 71.3 Å². The molecule has 0 heterocycles. The summed E-state index contributed by atoms with van der Waals surface area (Å²) in [5.41, 5.74) is 2.73. The highest BCUT2D eigenvalue weighted by Crippen LogP contribution is 2.66. The van der Waals surface area contributed by atoms with Gasteiger partial charge in [0, 0.05) is 0 Å². The summed E-state index contributed by atoms with van der Waals surface area (Å²) in [6, 6.07) is 0. The van der Waals surface area contributed by atoms with Gasteiger partial charge in [0.05, 0.1) is 6.10 Å². The maximum atomic E-state index is 9.96. The average molecular weight is 260 g/mol. The second-order valence-corrected chi connectivity index (χ2v) is 8.39. The van der Waals surface area contributed by atoms with E-state index in [0.717, 1.165) is 30.6 Å². The minimum atomic E-state index is -0.0616. The van der Waals surface area contributed by atoms with Crippen LogP contribution in [0.5, 0.6) is 0 Å². The SMILES string of the molecule is C[C@@]12CCC1C1CC=C3C[C@@H](O)CC[C@]3(C)C1CC2. The molecule has 106 valence electrons. The Labute approximate surface area is 117 Å². The van der Waals surface area contributed by atoms with Crippen LogP contribution in [0, 0.1) is 28.6 Å². The Morgan fingerprint density at radius 3 is 2.53 bits per heavy atom. The molecule has 19 heavy (non-hydrogen) atoms. The molecule has 0 amide bonds. The van der Waals surface area contributed by atoms with Crippen molar-refractivity contribution in [3.63, 3.8) is 0 Å². The van der Waals surface area contributed by atoms with Crippen molar-refractivity contribution in [2.24, 2.45) is 28.6 Å². The molecule has 1 nitrogen and oxygen atoms in total. The van der Waals surface area contributed by atoms with Crippen LogP contribution in [-0.4, -0.2) is 11.2 Å². The lowest BCUT2D eigenvalue weighted by atomic mass is 9.42. The zero-order valence-electron chi connectivity index (χ0n) is 12.5. The standard InChI is InChI=1S/C18H28O/c1-17-8-6-15(17)14-4-3-12-11-13(19)5-10-18(12,2)16(14)7-9-17/h3,13-16,19H,4-11H2,1-2H3/t13-,14?,15?,16?,17-,18-/m0/s1. The van der Waals surface area contributed by atoms with E-state index in [-0.39, 0.29) is 6.10 Å². The summed E-state index contributed by atoms with van der Waals surface area (Å²) in [4.78, 5) is 0. The first-order valence-corrected chi connectivity index (χ1v) is 8.40. The third-order valence-electron chi connectivity index (χ3n) is 7.62. The van der Waals surface area contributed by atoms with Crippen LogP contribution in [0.15, 0.2) is 11.6 Å². The number of rotatable bonds is 0. The Morgan fingerprint density at radius 1 is 1.05 bits per heavy atom. The van der Waals surface area contributed by atoms with E-state index < -0.39 is 0 Å². The van der Waals surface area contributed by atoms with Gasteiger partial charge in [0.25, 0.3) is 0 Å². The summed E-state index contributed by atoms with van der Waals surface area (Å²) in [5.74, 6) is 2.88. The van der Waals surface area contributed by atoms with E-state index in [9.17, 15) is 5.11 Å². The highest BCUT2D eigenvalue weighted by Gasteiger charge is 2.57. The van der Waals surface area contributed by atoms with Gasteiger partial charge in [-0.25, -0.2) is 0 Å². The molecule has 4 aliphatic carbocycles. The number of fused-ring (bicyclic) bond motifs is 5. The Bertz CT molecular complexity index is 425. The molecule has 3 saturated carbocycles. The molecule has 0 aromatic rings. The lowest BCUT2D eigenvalue weighted by molar-refractivity contribution is -0.106. The molecule has 0 spiro atoms. The molecule has 0 aliphatic heterocycles. The molecular weight excluding hydrogens is 232 g/mol. The monoisotopic (exact) mass is 260 g/mol. The van der Waals surface area contributed by atoms with Crippen LogP contribution in [-0.2, 0) is 0 Å². The quantitative estimate of drug-likeness (QED) is 0.643. The largest absolute Gasteiger partial charge is 0.393 e. The highest BCUT2D eigenvalue weighted by molar-refractivity contribution is 5.25. The molecule has 4 rings (SSSR count). The molecule has 6 atom stereocenters. The van der Waals surface area contributed by atoms with Gasteiger partial charge in [-0.05, 0) is 80.0 Å². The Kier molecular flexibility index (Phi) is 2.54. The summed E-state index contributed by atoms with van der Waals surface area (Å²) < 4.78 is 0. The maximum Gasteiger partial charge on any atom is 0.0577 e. The lowest BCUT2D eigenvalue weighted by Crippen LogP contribution is -2.54. The molecule has 0 aromatic heterocycles. The van der Waals surface area contributed by atoms with E-state index in [4.69, 9.17) is 0 Å². The van der Waals surface area contributed by atoms with Crippen LogP contribution in [0.4, 0.5) is 0 Å².